The quantitative estimate of drug-likeness (QED) is 0.200. The molecule has 44 heavy (non-hydrogen) atoms. The second-order valence-electron chi connectivity index (χ2n) is 14.6. The van der Waals surface area contributed by atoms with Gasteiger partial charge in [-0.1, -0.05) is 38.5 Å². The number of halogens is 1. The molecule has 2 heterocycles. The van der Waals surface area contributed by atoms with Crippen LogP contribution in [0, 0.1) is 23.2 Å². The molecule has 3 saturated carbocycles. The van der Waals surface area contributed by atoms with Crippen molar-refractivity contribution < 1.29 is 23.5 Å². The monoisotopic (exact) mass is 619 g/mol. The van der Waals surface area contributed by atoms with Gasteiger partial charge in [-0.3, -0.25) is 9.59 Å². The van der Waals surface area contributed by atoms with Crippen molar-refractivity contribution in [3.8, 4) is 0 Å². The number of piperidine rings is 1. The molecule has 10 heteroatoms. The third-order valence-corrected chi connectivity index (χ3v) is 11.7. The first-order valence-electron chi connectivity index (χ1n) is 17.7. The van der Waals surface area contributed by atoms with Crippen LogP contribution in [0.5, 0.6) is 0 Å². The van der Waals surface area contributed by atoms with E-state index in [9.17, 15) is 14.0 Å². The molecule has 4 fully saturated rings. The van der Waals surface area contributed by atoms with Gasteiger partial charge in [0.2, 0.25) is 5.91 Å². The highest BCUT2D eigenvalue weighted by Gasteiger charge is 2.45. The summed E-state index contributed by atoms with van der Waals surface area (Å²) in [5.41, 5.74) is 12.8. The maximum absolute atomic E-state index is 14.8. The van der Waals surface area contributed by atoms with Gasteiger partial charge in [-0.2, -0.15) is 0 Å². The first kappa shape index (κ1) is 33.6. The molecular weight excluding hydrogens is 561 g/mol. The average molecular weight is 620 g/mol. The van der Waals surface area contributed by atoms with Crippen LogP contribution in [0.1, 0.15) is 116 Å². The summed E-state index contributed by atoms with van der Waals surface area (Å²) in [4.78, 5) is 26.5. The Labute approximate surface area is 263 Å². The summed E-state index contributed by atoms with van der Waals surface area (Å²) in [5, 5.41) is 10.5. The molecule has 5 atom stereocenters. The average Bonchev–Trinajstić information content (AvgIpc) is 3.03. The second kappa shape index (κ2) is 15.7. The number of methoxy groups -OCH3 is 1. The number of rotatable bonds is 8. The van der Waals surface area contributed by atoms with E-state index >= 15 is 0 Å². The van der Waals surface area contributed by atoms with Crippen molar-refractivity contribution in [1.82, 2.24) is 16.0 Å². The zero-order valence-corrected chi connectivity index (χ0v) is 26.9. The van der Waals surface area contributed by atoms with Crippen LogP contribution in [0.4, 0.5) is 4.39 Å². The molecule has 0 aromatic carbocycles. The Morgan fingerprint density at radius 2 is 1.68 bits per heavy atom. The van der Waals surface area contributed by atoms with Crippen molar-refractivity contribution in [2.75, 3.05) is 13.7 Å². The van der Waals surface area contributed by atoms with E-state index < -0.39 is 12.1 Å². The maximum atomic E-state index is 14.8. The fraction of sp³-hybridized carbons (Fsp3) is 0.882. The predicted octanol–water partition coefficient (Wildman–Crippen LogP) is 4.29. The lowest BCUT2D eigenvalue weighted by molar-refractivity contribution is -0.149. The minimum Gasteiger partial charge on any atom is -0.469 e. The number of carbonyl (C=O) groups is 2. The summed E-state index contributed by atoms with van der Waals surface area (Å²) in [7, 11) is 1.45. The lowest BCUT2D eigenvalue weighted by Gasteiger charge is -2.46. The molecule has 7 N–H and O–H groups in total. The van der Waals surface area contributed by atoms with Crippen molar-refractivity contribution in [1.29, 1.82) is 0 Å². The van der Waals surface area contributed by atoms with Crippen molar-refractivity contribution in [3.63, 3.8) is 0 Å². The topological polar surface area (TPSA) is 141 Å². The number of nitrogens with two attached hydrogens (primary N) is 2. The smallest absolute Gasteiger partial charge is 0.308 e. The summed E-state index contributed by atoms with van der Waals surface area (Å²) in [6.07, 6.45) is 17.9. The van der Waals surface area contributed by atoms with E-state index in [0.717, 1.165) is 90.0 Å². The molecule has 0 aromatic heterocycles. The molecule has 1 amide bonds. The molecule has 0 radical (unpaired) electrons. The Hall–Kier alpha value is -1.75. The van der Waals surface area contributed by atoms with Crippen molar-refractivity contribution >= 4 is 11.9 Å². The highest BCUT2D eigenvalue weighted by Crippen LogP contribution is 2.46. The SMILES string of the molecule is COC(=O)[C@H]1CC[C@@H](OC2CCNC(C3CCCCC3)C2NC(=O)C(C(N)N)C2CC3(CCCCC3)CC/C(F)=C\N2)CC1. The largest absolute Gasteiger partial charge is 0.469 e. The predicted molar refractivity (Wildman–Crippen MR) is 169 cm³/mol. The summed E-state index contributed by atoms with van der Waals surface area (Å²) in [6.45, 7) is 0.840. The summed E-state index contributed by atoms with van der Waals surface area (Å²) in [6, 6.07) is -0.466. The van der Waals surface area contributed by atoms with E-state index in [4.69, 9.17) is 20.9 Å². The van der Waals surface area contributed by atoms with Gasteiger partial charge in [0.15, 0.2) is 0 Å². The summed E-state index contributed by atoms with van der Waals surface area (Å²) < 4.78 is 26.6. The van der Waals surface area contributed by atoms with E-state index in [-0.39, 0.29) is 59.4 Å². The van der Waals surface area contributed by atoms with Crippen LogP contribution in [-0.2, 0) is 19.1 Å². The summed E-state index contributed by atoms with van der Waals surface area (Å²) >= 11 is 0. The Balaban J connectivity index is 1.34. The van der Waals surface area contributed by atoms with Crippen LogP contribution in [0.2, 0.25) is 0 Å². The van der Waals surface area contributed by atoms with Gasteiger partial charge in [-0.05, 0) is 88.5 Å². The van der Waals surface area contributed by atoms with Gasteiger partial charge in [-0.25, -0.2) is 4.39 Å². The van der Waals surface area contributed by atoms with Crippen LogP contribution >= 0.6 is 0 Å². The maximum Gasteiger partial charge on any atom is 0.308 e. The van der Waals surface area contributed by atoms with Crippen molar-refractivity contribution in [2.24, 2.45) is 34.6 Å². The van der Waals surface area contributed by atoms with Gasteiger partial charge in [0.25, 0.3) is 0 Å². The normalized spacial score (nSPS) is 35.4. The van der Waals surface area contributed by atoms with Crippen LogP contribution in [0.15, 0.2) is 12.0 Å². The number of esters is 1. The van der Waals surface area contributed by atoms with E-state index in [2.05, 4.69) is 16.0 Å². The molecule has 3 aliphatic carbocycles. The van der Waals surface area contributed by atoms with Gasteiger partial charge >= 0.3 is 5.97 Å². The number of hydrogen-bond acceptors (Lipinski definition) is 8. The first-order chi connectivity index (χ1) is 21.3. The lowest BCUT2D eigenvalue weighted by Crippen LogP contribution is -2.66. The minimum absolute atomic E-state index is 0.000645. The van der Waals surface area contributed by atoms with E-state index in [1.165, 1.54) is 39.0 Å². The molecular formula is C34H58FN5O4. The van der Waals surface area contributed by atoms with Crippen molar-refractivity contribution in [3.05, 3.63) is 12.0 Å². The third-order valence-electron chi connectivity index (χ3n) is 11.7. The first-order valence-corrected chi connectivity index (χ1v) is 17.7. The molecule has 2 aliphatic heterocycles. The van der Waals surface area contributed by atoms with Crippen LogP contribution in [0.3, 0.4) is 0 Å². The molecule has 1 saturated heterocycles. The molecule has 5 aliphatic rings. The molecule has 0 aromatic rings. The second-order valence-corrected chi connectivity index (χ2v) is 14.6. The zero-order chi connectivity index (χ0) is 31.1. The van der Waals surface area contributed by atoms with Crippen molar-refractivity contribution in [2.45, 2.75) is 152 Å². The zero-order valence-electron chi connectivity index (χ0n) is 26.9. The molecule has 9 nitrogen and oxygen atoms in total. The fourth-order valence-corrected chi connectivity index (χ4v) is 9.22. The molecule has 250 valence electrons. The van der Waals surface area contributed by atoms with Crippen LogP contribution < -0.4 is 27.4 Å². The molecule has 5 rings (SSSR count). The number of amides is 1. The molecule has 0 bridgehead atoms. The van der Waals surface area contributed by atoms with Gasteiger partial charge < -0.3 is 36.9 Å². The minimum atomic E-state index is -0.887. The molecule has 5 unspecified atom stereocenters. The van der Waals surface area contributed by atoms with Crippen LogP contribution in [0.25, 0.3) is 0 Å². The Morgan fingerprint density at radius 3 is 2.36 bits per heavy atom. The summed E-state index contributed by atoms with van der Waals surface area (Å²) in [5.74, 6) is -0.787. The lowest BCUT2D eigenvalue weighted by atomic mass is 9.65. The Morgan fingerprint density at radius 1 is 0.977 bits per heavy atom. The van der Waals surface area contributed by atoms with Crippen LogP contribution in [-0.4, -0.2) is 62.0 Å². The standard InChI is InChI=1S/C34H58FN5O4/c1-43-33(42)23-10-12-25(13-11-23)44-27-15-19-38-29(22-8-4-2-5-9-22)30(27)40-32(41)28(31(36)37)26-20-34(16-6-3-7-17-34)18-14-24(35)21-39-26/h21-23,25-31,38-39H,2-20,36-37H2,1H3,(H,40,41)/b24-21+/t23-,25+,26?,27?,28?,29?,30?. The number of ether oxygens (including phenoxy) is 2. The number of nitrogens with one attached hydrogen (secondary N) is 3. The highest BCUT2D eigenvalue weighted by atomic mass is 19.1. The van der Waals surface area contributed by atoms with Gasteiger partial charge in [0, 0.05) is 24.7 Å². The number of hydrogen-bond donors (Lipinski definition) is 5. The van der Waals surface area contributed by atoms with Gasteiger partial charge in [0.05, 0.1) is 43.4 Å². The number of carbonyl (C=O) groups excluding carboxylic acids is 2. The third kappa shape index (κ3) is 8.34. The van der Waals surface area contributed by atoms with Gasteiger partial charge in [-0.15, -0.1) is 0 Å². The molecule has 1 spiro atoms. The van der Waals surface area contributed by atoms with E-state index in [1.54, 1.807) is 0 Å². The fourth-order valence-electron chi connectivity index (χ4n) is 9.22. The number of allylic oxidation sites excluding steroid dienone is 1. The highest BCUT2D eigenvalue weighted by molar-refractivity contribution is 5.80. The van der Waals surface area contributed by atoms with E-state index in [1.807, 2.05) is 0 Å². The Bertz CT molecular complexity index is 975. The van der Waals surface area contributed by atoms with E-state index in [0.29, 0.717) is 12.3 Å². The Kier molecular flexibility index (Phi) is 12.0. The van der Waals surface area contributed by atoms with Gasteiger partial charge in [0.1, 0.15) is 5.83 Å².